The highest BCUT2D eigenvalue weighted by Crippen LogP contribution is 2.05. The van der Waals surface area contributed by atoms with Crippen LogP contribution in [0.1, 0.15) is 31.2 Å². The van der Waals surface area contributed by atoms with Gasteiger partial charge in [-0.25, -0.2) is 0 Å². The van der Waals surface area contributed by atoms with Crippen molar-refractivity contribution in [3.63, 3.8) is 0 Å². The Morgan fingerprint density at radius 1 is 0.794 bits per heavy atom. The van der Waals surface area contributed by atoms with Crippen LogP contribution < -0.4 is 16.0 Å². The molecular formula is C25H32N4O5. The lowest BCUT2D eigenvalue weighted by Gasteiger charge is -2.20. The number of ether oxygens (including phenoxy) is 1. The number of nitrogens with one attached hydrogen (secondary N) is 3. The number of unbranched alkanes of at least 4 members (excludes halogenated alkanes) is 2. The summed E-state index contributed by atoms with van der Waals surface area (Å²) in [5, 5.41) is 7.75. The molecule has 0 heterocycles. The minimum absolute atomic E-state index is 0.0575. The van der Waals surface area contributed by atoms with Crippen LogP contribution in [0.4, 0.5) is 0 Å². The number of hydrogen-bond donors (Lipinski definition) is 3. The highest BCUT2D eigenvalue weighted by Gasteiger charge is 2.17. The predicted octanol–water partition coefficient (Wildman–Crippen LogP) is 0.207. The van der Waals surface area contributed by atoms with Gasteiger partial charge in [0.2, 0.25) is 17.7 Å². The first-order valence-corrected chi connectivity index (χ1v) is 11.0. The van der Waals surface area contributed by atoms with Gasteiger partial charge in [-0.15, -0.1) is 12.8 Å². The molecule has 0 saturated carbocycles. The Morgan fingerprint density at radius 2 is 1.35 bits per heavy atom. The zero-order chi connectivity index (χ0) is 25.0. The van der Waals surface area contributed by atoms with Crippen molar-refractivity contribution in [3.8, 4) is 24.7 Å². The van der Waals surface area contributed by atoms with E-state index in [0.29, 0.717) is 25.8 Å². The molecule has 0 aliphatic carbocycles. The number of hydrogen-bond acceptors (Lipinski definition) is 6. The molecule has 0 radical (unpaired) electrons. The van der Waals surface area contributed by atoms with E-state index in [0.717, 1.165) is 12.0 Å². The molecule has 1 aromatic rings. The average Bonchev–Trinajstić information content (AvgIpc) is 2.82. The summed E-state index contributed by atoms with van der Waals surface area (Å²) in [5.74, 6) is 3.21. The lowest BCUT2D eigenvalue weighted by molar-refractivity contribution is -0.145. The quantitative estimate of drug-likeness (QED) is 0.181. The number of terminal acetylenes is 2. The van der Waals surface area contributed by atoms with Crippen LogP contribution in [0.25, 0.3) is 0 Å². The lowest BCUT2D eigenvalue weighted by Crippen LogP contribution is -2.47. The molecule has 9 nitrogen and oxygen atoms in total. The van der Waals surface area contributed by atoms with Gasteiger partial charge in [0.15, 0.2) is 0 Å². The second-order valence-corrected chi connectivity index (χ2v) is 7.41. The topological polar surface area (TPSA) is 117 Å². The summed E-state index contributed by atoms with van der Waals surface area (Å²) in [4.78, 5) is 49.3. The summed E-state index contributed by atoms with van der Waals surface area (Å²) in [6.07, 6.45) is 12.6. The van der Waals surface area contributed by atoms with Gasteiger partial charge in [-0.3, -0.25) is 24.1 Å². The summed E-state index contributed by atoms with van der Waals surface area (Å²) in [6, 6.07) is 9.46. The molecule has 3 amide bonds. The smallest absolute Gasteiger partial charge is 0.306 e. The summed E-state index contributed by atoms with van der Waals surface area (Å²) in [6.45, 7) is 0.321. The van der Waals surface area contributed by atoms with Gasteiger partial charge in [0.1, 0.15) is 6.61 Å². The van der Waals surface area contributed by atoms with Gasteiger partial charge in [0.25, 0.3) is 0 Å². The first kappa shape index (κ1) is 28.2. The third-order valence-corrected chi connectivity index (χ3v) is 4.50. The molecular weight excluding hydrogens is 436 g/mol. The van der Waals surface area contributed by atoms with Gasteiger partial charge in [0, 0.05) is 13.0 Å². The van der Waals surface area contributed by atoms with Crippen LogP contribution in [-0.2, 0) is 30.5 Å². The number of carbonyl (C=O) groups excluding carboxylic acids is 4. The van der Waals surface area contributed by atoms with Crippen molar-refractivity contribution in [2.75, 3.05) is 39.3 Å². The number of amides is 3. The molecule has 182 valence electrons. The Labute approximate surface area is 201 Å². The molecule has 3 N–H and O–H groups in total. The molecule has 34 heavy (non-hydrogen) atoms. The Balaban J connectivity index is 2.27. The highest BCUT2D eigenvalue weighted by molar-refractivity contribution is 5.84. The molecule has 1 rings (SSSR count). The van der Waals surface area contributed by atoms with Gasteiger partial charge in [-0.05, 0) is 18.4 Å². The third-order valence-electron chi connectivity index (χ3n) is 4.50. The van der Waals surface area contributed by atoms with Crippen molar-refractivity contribution in [1.29, 1.82) is 0 Å². The van der Waals surface area contributed by atoms with Crippen LogP contribution in [0.2, 0.25) is 0 Å². The van der Waals surface area contributed by atoms with E-state index in [9.17, 15) is 19.2 Å². The highest BCUT2D eigenvalue weighted by atomic mass is 16.5. The summed E-state index contributed by atoms with van der Waals surface area (Å²) >= 11 is 0. The van der Waals surface area contributed by atoms with Gasteiger partial charge in [-0.2, -0.15) is 0 Å². The van der Waals surface area contributed by atoms with Crippen molar-refractivity contribution < 1.29 is 23.9 Å². The van der Waals surface area contributed by atoms with E-state index in [1.54, 1.807) is 0 Å². The first-order valence-electron chi connectivity index (χ1n) is 11.0. The molecule has 1 aromatic carbocycles. The number of benzene rings is 1. The van der Waals surface area contributed by atoms with E-state index in [-0.39, 0.29) is 51.2 Å². The molecule has 0 atom stereocenters. The zero-order valence-corrected chi connectivity index (χ0v) is 19.3. The Bertz CT molecular complexity index is 842. The molecule has 0 aliphatic rings. The van der Waals surface area contributed by atoms with Crippen molar-refractivity contribution in [2.45, 2.75) is 32.3 Å². The molecule has 0 saturated heterocycles. The van der Waals surface area contributed by atoms with Gasteiger partial charge in [-0.1, -0.05) is 48.6 Å². The van der Waals surface area contributed by atoms with Crippen LogP contribution in [0.15, 0.2) is 30.3 Å². The van der Waals surface area contributed by atoms with E-state index >= 15 is 0 Å². The second-order valence-electron chi connectivity index (χ2n) is 7.41. The van der Waals surface area contributed by atoms with Crippen LogP contribution >= 0.6 is 0 Å². The maximum atomic E-state index is 12.3. The standard InChI is InChI=1S/C25H32N4O5/c1-3-14-26-22(30)17-29(18-23(31)27-15-4-2)19-24(32)28-16-10-6-9-13-25(33)34-20-21-11-7-5-8-12-21/h1-2,5,7-8,11-12H,6,9-10,13-20H2,(H,26,30)(H,27,31)(H,28,32). The molecule has 0 spiro atoms. The second kappa shape index (κ2) is 17.7. The van der Waals surface area contributed by atoms with Crippen LogP contribution in [-0.4, -0.2) is 67.9 Å². The van der Waals surface area contributed by atoms with Crippen molar-refractivity contribution in [2.24, 2.45) is 0 Å². The zero-order valence-electron chi connectivity index (χ0n) is 19.3. The van der Waals surface area contributed by atoms with E-state index in [2.05, 4.69) is 27.8 Å². The normalized spacial score (nSPS) is 9.97. The van der Waals surface area contributed by atoms with Gasteiger partial charge in [0.05, 0.1) is 32.7 Å². The summed E-state index contributed by atoms with van der Waals surface area (Å²) < 4.78 is 5.23. The fourth-order valence-electron chi connectivity index (χ4n) is 2.85. The fraction of sp³-hybridized carbons (Fsp3) is 0.440. The number of nitrogens with zero attached hydrogens (tertiary/aromatic N) is 1. The fourth-order valence-corrected chi connectivity index (χ4v) is 2.85. The summed E-state index contributed by atoms with van der Waals surface area (Å²) in [7, 11) is 0. The van der Waals surface area contributed by atoms with Crippen molar-refractivity contribution in [3.05, 3.63) is 35.9 Å². The van der Waals surface area contributed by atoms with E-state index in [1.807, 2.05) is 30.3 Å². The third kappa shape index (κ3) is 14.3. The summed E-state index contributed by atoms with van der Waals surface area (Å²) in [5.41, 5.74) is 0.940. The average molecular weight is 469 g/mol. The van der Waals surface area contributed by atoms with Gasteiger partial charge < -0.3 is 20.7 Å². The molecule has 0 unspecified atom stereocenters. The maximum Gasteiger partial charge on any atom is 0.306 e. The lowest BCUT2D eigenvalue weighted by atomic mass is 10.2. The molecule has 9 heteroatoms. The van der Waals surface area contributed by atoms with E-state index in [1.165, 1.54) is 4.90 Å². The van der Waals surface area contributed by atoms with Crippen LogP contribution in [0, 0.1) is 24.7 Å². The number of carbonyl (C=O) groups is 4. The van der Waals surface area contributed by atoms with Crippen LogP contribution in [0.5, 0.6) is 0 Å². The maximum absolute atomic E-state index is 12.3. The van der Waals surface area contributed by atoms with E-state index in [4.69, 9.17) is 17.6 Å². The SMILES string of the molecule is C#CCNC(=O)CN(CC(=O)NCC#C)CC(=O)NCCCCCC(=O)OCc1ccccc1. The van der Waals surface area contributed by atoms with E-state index < -0.39 is 11.8 Å². The molecule has 0 aromatic heterocycles. The number of rotatable bonds is 16. The van der Waals surface area contributed by atoms with Crippen molar-refractivity contribution in [1.82, 2.24) is 20.9 Å². The molecule has 0 fully saturated rings. The Kier molecular flexibility index (Phi) is 14.7. The van der Waals surface area contributed by atoms with Crippen LogP contribution in [0.3, 0.4) is 0 Å². The van der Waals surface area contributed by atoms with Gasteiger partial charge >= 0.3 is 5.97 Å². The Morgan fingerprint density at radius 3 is 1.91 bits per heavy atom. The minimum atomic E-state index is -0.394. The molecule has 0 bridgehead atoms. The first-order chi connectivity index (χ1) is 16.4. The largest absolute Gasteiger partial charge is 0.461 e. The molecule has 0 aliphatic heterocycles. The van der Waals surface area contributed by atoms with Crippen molar-refractivity contribution >= 4 is 23.7 Å². The Hall–Kier alpha value is -3.82. The predicted molar refractivity (Wildman–Crippen MR) is 128 cm³/mol. The number of esters is 1. The monoisotopic (exact) mass is 468 g/mol. The minimum Gasteiger partial charge on any atom is -0.461 e.